The van der Waals surface area contributed by atoms with Gasteiger partial charge in [0.2, 0.25) is 11.0 Å². The van der Waals surface area contributed by atoms with Crippen molar-refractivity contribution in [1.82, 2.24) is 14.8 Å². The number of fused-ring (bicyclic) bond motifs is 1. The first-order chi connectivity index (χ1) is 13.2. The molecule has 4 aromatic rings. The molecule has 0 aliphatic rings. The highest BCUT2D eigenvalue weighted by Crippen LogP contribution is 2.23. The van der Waals surface area contributed by atoms with Crippen molar-refractivity contribution in [2.45, 2.75) is 20.1 Å². The van der Waals surface area contributed by atoms with E-state index < -0.39 is 0 Å². The molecule has 2 aromatic heterocycles. The maximum absolute atomic E-state index is 12.2. The quantitative estimate of drug-likeness (QED) is 0.550. The van der Waals surface area contributed by atoms with Crippen LogP contribution in [0.15, 0.2) is 60.8 Å². The molecule has 0 aliphatic carbocycles. The van der Waals surface area contributed by atoms with Gasteiger partial charge in [-0.3, -0.25) is 10.1 Å². The predicted molar refractivity (Wildman–Crippen MR) is 106 cm³/mol. The second-order valence-corrected chi connectivity index (χ2v) is 7.29. The Morgan fingerprint density at radius 1 is 1.15 bits per heavy atom. The number of rotatable bonds is 6. The summed E-state index contributed by atoms with van der Waals surface area (Å²) in [7, 11) is 0. The number of benzene rings is 2. The van der Waals surface area contributed by atoms with Gasteiger partial charge in [-0.05, 0) is 36.8 Å². The molecule has 0 saturated heterocycles. The van der Waals surface area contributed by atoms with Crippen molar-refractivity contribution in [2.75, 3.05) is 5.32 Å². The fourth-order valence-corrected chi connectivity index (χ4v) is 3.42. The number of hydrogen-bond donors (Lipinski definition) is 1. The largest absolute Gasteiger partial charge is 0.489 e. The zero-order valence-electron chi connectivity index (χ0n) is 14.8. The number of aryl methyl sites for hydroxylation is 1. The van der Waals surface area contributed by atoms with Crippen LogP contribution in [0.4, 0.5) is 5.13 Å². The molecule has 1 amide bonds. The molecular formula is C20H18N4O2S. The summed E-state index contributed by atoms with van der Waals surface area (Å²) in [6.07, 6.45) is 1.90. The Hall–Kier alpha value is -3.19. The van der Waals surface area contributed by atoms with Gasteiger partial charge in [0.25, 0.3) is 0 Å². The molecule has 1 N–H and O–H groups in total. The molecule has 4 rings (SSSR count). The van der Waals surface area contributed by atoms with Crippen molar-refractivity contribution in [1.29, 1.82) is 0 Å². The Kier molecular flexibility index (Phi) is 4.84. The number of nitrogens with zero attached hydrogens (tertiary/aromatic N) is 3. The van der Waals surface area contributed by atoms with Crippen LogP contribution in [0.3, 0.4) is 0 Å². The number of nitrogens with one attached hydrogen (secondary N) is 1. The summed E-state index contributed by atoms with van der Waals surface area (Å²) in [5.41, 5.74) is 2.10. The summed E-state index contributed by atoms with van der Waals surface area (Å²) in [5.74, 6) is 0.672. The van der Waals surface area contributed by atoms with Gasteiger partial charge in [-0.15, -0.1) is 10.2 Å². The molecule has 0 fully saturated rings. The number of anilines is 1. The van der Waals surface area contributed by atoms with E-state index in [4.69, 9.17) is 4.74 Å². The van der Waals surface area contributed by atoms with Crippen LogP contribution in [0.25, 0.3) is 10.9 Å². The van der Waals surface area contributed by atoms with Gasteiger partial charge in [-0.25, -0.2) is 0 Å². The topological polar surface area (TPSA) is 69.0 Å². The molecule has 2 aromatic carbocycles. The summed E-state index contributed by atoms with van der Waals surface area (Å²) in [5, 5.41) is 13.0. The molecule has 27 heavy (non-hydrogen) atoms. The lowest BCUT2D eigenvalue weighted by molar-refractivity contribution is -0.116. The van der Waals surface area contributed by atoms with E-state index in [0.717, 1.165) is 27.2 Å². The third-order valence-electron chi connectivity index (χ3n) is 4.08. The minimum Gasteiger partial charge on any atom is -0.489 e. The number of amides is 1. The van der Waals surface area contributed by atoms with Crippen molar-refractivity contribution >= 4 is 33.3 Å². The average molecular weight is 378 g/mol. The Labute approximate surface area is 160 Å². The van der Waals surface area contributed by atoms with E-state index in [9.17, 15) is 4.79 Å². The van der Waals surface area contributed by atoms with Crippen LogP contribution in [0.5, 0.6) is 5.75 Å². The third-order valence-corrected chi connectivity index (χ3v) is 4.83. The number of carbonyl (C=O) groups is 1. The minimum atomic E-state index is -0.131. The summed E-state index contributed by atoms with van der Waals surface area (Å²) < 4.78 is 7.77. The average Bonchev–Trinajstić information content (AvgIpc) is 3.26. The Balaban J connectivity index is 1.43. The van der Waals surface area contributed by atoms with Crippen molar-refractivity contribution in [3.63, 3.8) is 0 Å². The molecule has 136 valence electrons. The first kappa shape index (κ1) is 17.2. The highest BCUT2D eigenvalue weighted by Gasteiger charge is 2.10. The second kappa shape index (κ2) is 7.59. The number of aromatic nitrogens is 3. The van der Waals surface area contributed by atoms with Crippen LogP contribution in [0.1, 0.15) is 10.6 Å². The highest BCUT2D eigenvalue weighted by molar-refractivity contribution is 7.15. The van der Waals surface area contributed by atoms with Crippen molar-refractivity contribution in [2.24, 2.45) is 0 Å². The monoisotopic (exact) mass is 378 g/mol. The van der Waals surface area contributed by atoms with Crippen LogP contribution in [-0.4, -0.2) is 20.7 Å². The van der Waals surface area contributed by atoms with E-state index >= 15 is 0 Å². The van der Waals surface area contributed by atoms with E-state index in [2.05, 4.69) is 15.5 Å². The summed E-state index contributed by atoms with van der Waals surface area (Å²) >= 11 is 1.36. The van der Waals surface area contributed by atoms with Gasteiger partial charge in [0.05, 0.1) is 0 Å². The van der Waals surface area contributed by atoms with Crippen molar-refractivity contribution < 1.29 is 9.53 Å². The highest BCUT2D eigenvalue weighted by atomic mass is 32.1. The standard InChI is InChI=1S/C20H18N4O2S/c1-14-22-23-20(27-14)21-19(25)12-24-10-9-16-11-17(7-8-18(16)24)26-13-15-5-3-2-4-6-15/h2-11H,12-13H2,1H3,(H,21,23,25). The predicted octanol–water partition coefficient (Wildman–Crippen LogP) is 4.02. The van der Waals surface area contributed by atoms with E-state index in [0.29, 0.717) is 11.7 Å². The molecule has 0 radical (unpaired) electrons. The molecule has 0 saturated carbocycles. The van der Waals surface area contributed by atoms with Gasteiger partial charge in [0.15, 0.2) is 0 Å². The molecule has 0 aliphatic heterocycles. The zero-order chi connectivity index (χ0) is 18.6. The lowest BCUT2D eigenvalue weighted by atomic mass is 10.2. The minimum absolute atomic E-state index is 0.131. The maximum atomic E-state index is 12.2. The van der Waals surface area contributed by atoms with E-state index in [-0.39, 0.29) is 12.5 Å². The van der Waals surface area contributed by atoms with Crippen LogP contribution < -0.4 is 10.1 Å². The molecule has 7 heteroatoms. The Morgan fingerprint density at radius 2 is 2.00 bits per heavy atom. The Bertz CT molecular complexity index is 1070. The molecule has 2 heterocycles. The van der Waals surface area contributed by atoms with Gasteiger partial charge in [-0.1, -0.05) is 41.7 Å². The molecular weight excluding hydrogens is 360 g/mol. The van der Waals surface area contributed by atoms with Gasteiger partial charge < -0.3 is 9.30 Å². The van der Waals surface area contributed by atoms with Crippen molar-refractivity contribution in [3.8, 4) is 5.75 Å². The fourth-order valence-electron chi connectivity index (χ4n) is 2.81. The first-order valence-electron chi connectivity index (χ1n) is 8.53. The lowest BCUT2D eigenvalue weighted by Crippen LogP contribution is -2.18. The van der Waals surface area contributed by atoms with Crippen molar-refractivity contribution in [3.05, 3.63) is 71.4 Å². The maximum Gasteiger partial charge on any atom is 0.246 e. The van der Waals surface area contributed by atoms with Crippen LogP contribution in [-0.2, 0) is 17.9 Å². The number of ether oxygens (including phenoxy) is 1. The van der Waals surface area contributed by atoms with E-state index in [1.54, 1.807) is 0 Å². The smallest absolute Gasteiger partial charge is 0.246 e. The molecule has 6 nitrogen and oxygen atoms in total. The van der Waals surface area contributed by atoms with Crippen LogP contribution in [0.2, 0.25) is 0 Å². The van der Waals surface area contributed by atoms with Gasteiger partial charge >= 0.3 is 0 Å². The SMILES string of the molecule is Cc1nnc(NC(=O)Cn2ccc3cc(OCc4ccccc4)ccc32)s1. The number of carbonyl (C=O) groups excluding carboxylic acids is 1. The van der Waals surface area contributed by atoms with E-state index in [1.165, 1.54) is 11.3 Å². The zero-order valence-corrected chi connectivity index (χ0v) is 15.6. The second-order valence-electron chi connectivity index (χ2n) is 6.11. The normalized spacial score (nSPS) is 10.9. The third kappa shape index (κ3) is 4.15. The van der Waals surface area contributed by atoms with Gasteiger partial charge in [-0.2, -0.15) is 0 Å². The Morgan fingerprint density at radius 3 is 2.78 bits per heavy atom. The fraction of sp³-hybridized carbons (Fsp3) is 0.150. The molecule has 0 bridgehead atoms. The first-order valence-corrected chi connectivity index (χ1v) is 9.34. The lowest BCUT2D eigenvalue weighted by Gasteiger charge is -2.08. The summed E-state index contributed by atoms with van der Waals surface area (Å²) in [6, 6.07) is 17.9. The summed E-state index contributed by atoms with van der Waals surface area (Å²) in [6.45, 7) is 2.59. The van der Waals surface area contributed by atoms with Crippen LogP contribution in [0, 0.1) is 6.92 Å². The van der Waals surface area contributed by atoms with Gasteiger partial charge in [0.1, 0.15) is 23.9 Å². The van der Waals surface area contributed by atoms with E-state index in [1.807, 2.05) is 72.3 Å². The number of hydrogen-bond acceptors (Lipinski definition) is 5. The summed E-state index contributed by atoms with van der Waals surface area (Å²) in [4.78, 5) is 12.2. The van der Waals surface area contributed by atoms with Gasteiger partial charge in [0, 0.05) is 17.1 Å². The molecule has 0 unspecified atom stereocenters. The molecule has 0 spiro atoms. The molecule has 0 atom stereocenters. The van der Waals surface area contributed by atoms with Crippen LogP contribution >= 0.6 is 11.3 Å².